The van der Waals surface area contributed by atoms with Crippen LogP contribution in [0.4, 0.5) is 0 Å². The fraction of sp³-hybridized carbons (Fsp3) is 0.556. The Morgan fingerprint density at radius 1 is 1.18 bits per heavy atom. The Kier molecular flexibility index (Phi) is 12.6. The Bertz CT molecular complexity index is 889. The molecule has 0 aliphatic rings. The Morgan fingerprint density at radius 3 is 2.18 bits per heavy atom. The third-order valence-corrected chi connectivity index (χ3v) is 13.7. The molecule has 0 saturated heterocycles. The lowest BCUT2D eigenvalue weighted by Crippen LogP contribution is -2.42. The van der Waals surface area contributed by atoms with Gasteiger partial charge in [-0.2, -0.15) is 0 Å². The van der Waals surface area contributed by atoms with Gasteiger partial charge in [-0.1, -0.05) is 77.1 Å². The molecule has 0 aliphatic heterocycles. The van der Waals surface area contributed by atoms with Crippen molar-refractivity contribution in [3.05, 3.63) is 66.1 Å². The molecule has 4 nitrogen and oxygen atoms in total. The lowest BCUT2D eigenvalue weighted by atomic mass is 9.89. The van der Waals surface area contributed by atoms with E-state index in [9.17, 15) is 9.32 Å². The molecule has 1 aromatic rings. The Balaban J connectivity index is 3.75. The van der Waals surface area contributed by atoms with Gasteiger partial charge in [-0.15, -0.1) is 6.58 Å². The zero-order chi connectivity index (χ0) is 25.1. The first kappa shape index (κ1) is 29.6. The van der Waals surface area contributed by atoms with Gasteiger partial charge < -0.3 is 9.53 Å². The van der Waals surface area contributed by atoms with Crippen LogP contribution in [0.15, 0.2) is 75.4 Å². The summed E-state index contributed by atoms with van der Waals surface area (Å²) in [6.07, 6.45) is 7.03. The van der Waals surface area contributed by atoms with E-state index < -0.39 is 24.2 Å². The van der Waals surface area contributed by atoms with Crippen molar-refractivity contribution in [1.29, 1.82) is 0 Å². The van der Waals surface area contributed by atoms with Crippen LogP contribution in [-0.2, 0) is 14.2 Å². The molecule has 1 aromatic carbocycles. The van der Waals surface area contributed by atoms with E-state index in [1.807, 2.05) is 49.4 Å². The first-order valence-corrected chi connectivity index (χ1v) is 16.2. The molecular weight excluding hydrogens is 446 g/mol. The molecule has 1 unspecified atom stereocenters. The van der Waals surface area contributed by atoms with Gasteiger partial charge in [0.1, 0.15) is 9.73 Å². The smallest absolute Gasteiger partial charge is 0.192 e. The zero-order valence-corrected chi connectivity index (χ0v) is 23.5. The quantitative estimate of drug-likeness (QED) is 0.221. The lowest BCUT2D eigenvalue weighted by molar-refractivity contribution is 0.159. The number of benzene rings is 1. The third kappa shape index (κ3) is 7.51. The van der Waals surface area contributed by atoms with Gasteiger partial charge >= 0.3 is 0 Å². The van der Waals surface area contributed by atoms with Gasteiger partial charge in [0, 0.05) is 13.0 Å². The molecule has 0 bridgehead atoms. The van der Waals surface area contributed by atoms with Crippen molar-refractivity contribution in [3.63, 3.8) is 0 Å². The number of aliphatic hydroxyl groups excluding tert-OH is 1. The number of nitrogens with zero attached hydrogens (tertiary/aromatic N) is 1. The minimum Gasteiger partial charge on any atom is -0.410 e. The average molecular weight is 492 g/mol. The van der Waals surface area contributed by atoms with Gasteiger partial charge in [-0.25, -0.2) is 8.57 Å². The van der Waals surface area contributed by atoms with Gasteiger partial charge in [0.05, 0.1) is 22.0 Å². The summed E-state index contributed by atoms with van der Waals surface area (Å²) in [6, 6.07) is 12.4. The molecule has 0 fully saturated rings. The molecular formula is C27H45NO3SSi. The van der Waals surface area contributed by atoms with Crippen LogP contribution in [0.3, 0.4) is 0 Å². The fourth-order valence-electron chi connectivity index (χ4n) is 4.19. The van der Waals surface area contributed by atoms with E-state index in [1.54, 1.807) is 13.1 Å². The largest absolute Gasteiger partial charge is 0.410 e. The minimum absolute atomic E-state index is 0.0570. The van der Waals surface area contributed by atoms with E-state index in [0.717, 1.165) is 18.1 Å². The predicted molar refractivity (Wildman–Crippen MR) is 145 cm³/mol. The second-order valence-corrected chi connectivity index (χ2v) is 15.9. The van der Waals surface area contributed by atoms with E-state index in [2.05, 4.69) is 51.6 Å². The third-order valence-electron chi connectivity index (χ3n) is 6.56. The van der Waals surface area contributed by atoms with Crippen LogP contribution in [-0.4, -0.2) is 36.9 Å². The van der Waals surface area contributed by atoms with Crippen LogP contribution in [0.2, 0.25) is 18.1 Å². The Morgan fingerprint density at radius 2 is 1.76 bits per heavy atom. The summed E-state index contributed by atoms with van der Waals surface area (Å²) < 4.78 is 25.6. The van der Waals surface area contributed by atoms with Crippen LogP contribution in [0, 0.1) is 11.8 Å². The summed E-state index contributed by atoms with van der Waals surface area (Å²) in [5.41, 5.74) is 0. The van der Waals surface area contributed by atoms with Gasteiger partial charge in [0.15, 0.2) is 8.32 Å². The fourth-order valence-corrected chi connectivity index (χ4v) is 9.03. The molecule has 0 spiro atoms. The van der Waals surface area contributed by atoms with Crippen LogP contribution < -0.4 is 0 Å². The minimum atomic E-state index is -2.99. The monoisotopic (exact) mass is 491 g/mol. The standard InChI is InChI=1S/C27H45NO3SSi/c1-9-17-25(29)27(32(30,28-8)23-19-15-14-16-20-23)21-24(22(6)7)26(18-10-2)31-33(11-3,12-4)13-5/h9-10,14-16,18-22,24-26,29H,1,11-13,17H2,2-8H3/b18-10+,27-21+/t24-,25-,26-,32?/m0/s1. The molecule has 0 radical (unpaired) electrons. The summed E-state index contributed by atoms with van der Waals surface area (Å²) in [4.78, 5) is 1.05. The second-order valence-electron chi connectivity index (χ2n) is 8.80. The topological polar surface area (TPSA) is 58.9 Å². The number of hydrogen-bond acceptors (Lipinski definition) is 4. The molecule has 0 amide bonds. The highest BCUT2D eigenvalue weighted by Gasteiger charge is 2.35. The maximum absolute atomic E-state index is 14.3. The molecule has 6 heteroatoms. The van der Waals surface area contributed by atoms with E-state index in [-0.39, 0.29) is 17.9 Å². The normalized spacial score (nSPS) is 17.5. The van der Waals surface area contributed by atoms with Crippen molar-refractivity contribution < 1.29 is 13.7 Å². The van der Waals surface area contributed by atoms with E-state index in [1.165, 1.54) is 0 Å². The van der Waals surface area contributed by atoms with Crippen LogP contribution in [0.25, 0.3) is 0 Å². The van der Waals surface area contributed by atoms with Crippen molar-refractivity contribution in [1.82, 2.24) is 0 Å². The van der Waals surface area contributed by atoms with Crippen molar-refractivity contribution >= 4 is 18.0 Å². The summed E-state index contributed by atoms with van der Waals surface area (Å²) in [5.74, 6) is 0.157. The zero-order valence-electron chi connectivity index (χ0n) is 21.7. The number of allylic oxidation sites excluding steroid dienone is 1. The second kappa shape index (κ2) is 14.0. The highest BCUT2D eigenvalue weighted by Crippen LogP contribution is 2.34. The molecule has 1 rings (SSSR count). The molecule has 0 aromatic heterocycles. The molecule has 33 heavy (non-hydrogen) atoms. The summed E-state index contributed by atoms with van der Waals surface area (Å²) >= 11 is 0. The molecule has 4 atom stereocenters. The van der Waals surface area contributed by atoms with Crippen LogP contribution in [0.1, 0.15) is 48.0 Å². The molecule has 0 saturated carbocycles. The highest BCUT2D eigenvalue weighted by molar-refractivity contribution is 7.97. The van der Waals surface area contributed by atoms with E-state index >= 15 is 0 Å². The van der Waals surface area contributed by atoms with Gasteiger partial charge in [0.2, 0.25) is 0 Å². The number of hydrogen-bond donors (Lipinski definition) is 1. The predicted octanol–water partition coefficient (Wildman–Crippen LogP) is 7.20. The summed E-state index contributed by atoms with van der Waals surface area (Å²) in [6.45, 7) is 16.8. The summed E-state index contributed by atoms with van der Waals surface area (Å²) in [7, 11) is -3.31. The van der Waals surface area contributed by atoms with Gasteiger partial charge in [-0.3, -0.25) is 0 Å². The number of aliphatic hydroxyl groups is 1. The molecule has 186 valence electrons. The van der Waals surface area contributed by atoms with Crippen LogP contribution in [0.5, 0.6) is 0 Å². The summed E-state index contributed by atoms with van der Waals surface area (Å²) in [5, 5.41) is 11.1. The van der Waals surface area contributed by atoms with Gasteiger partial charge in [-0.05, 0) is 49.5 Å². The lowest BCUT2D eigenvalue weighted by Gasteiger charge is -2.37. The van der Waals surface area contributed by atoms with Crippen molar-refractivity contribution in [2.45, 2.75) is 83.2 Å². The van der Waals surface area contributed by atoms with E-state index in [0.29, 0.717) is 16.2 Å². The highest BCUT2D eigenvalue weighted by atomic mass is 32.2. The molecule has 0 aliphatic carbocycles. The average Bonchev–Trinajstić information content (AvgIpc) is 2.82. The van der Waals surface area contributed by atoms with Crippen molar-refractivity contribution in [2.24, 2.45) is 16.2 Å². The molecule has 0 heterocycles. The maximum Gasteiger partial charge on any atom is 0.192 e. The van der Waals surface area contributed by atoms with E-state index in [4.69, 9.17) is 4.43 Å². The van der Waals surface area contributed by atoms with Crippen molar-refractivity contribution in [3.8, 4) is 0 Å². The first-order valence-electron chi connectivity index (χ1n) is 12.2. The van der Waals surface area contributed by atoms with Gasteiger partial charge in [0.25, 0.3) is 0 Å². The maximum atomic E-state index is 14.3. The first-order chi connectivity index (χ1) is 15.7. The SMILES string of the molecule is C=CC[C@H](O)/C(=C\[C@@H](C(C)C)[C@H](/C=C/C)O[Si](CC)(CC)CC)S(=O)(=NC)c1ccccc1. The Hall–Kier alpha value is -1.47. The van der Waals surface area contributed by atoms with Crippen LogP contribution >= 0.6 is 0 Å². The van der Waals surface area contributed by atoms with Crippen molar-refractivity contribution in [2.75, 3.05) is 7.05 Å². The Labute approximate surface area is 204 Å². The molecule has 1 N–H and O–H groups in total. The number of rotatable bonds is 14.